The first-order valence-electron chi connectivity index (χ1n) is 0.955. The first-order chi connectivity index (χ1) is 2.00. The monoisotopic (exact) mass is 82.0 g/mol. The van der Waals surface area contributed by atoms with E-state index < -0.39 is 6.17 Å². The lowest BCUT2D eigenvalue weighted by Crippen LogP contribution is -2.38. The normalized spacial score (nSPS) is 12.0. The molecule has 4 N–H and O–H groups in total. The van der Waals surface area contributed by atoms with Crippen molar-refractivity contribution in [1.82, 2.24) is 0 Å². The zero-order valence-electron chi connectivity index (χ0n) is 2.41. The van der Waals surface area contributed by atoms with E-state index in [1.54, 1.807) is 0 Å². The molecule has 0 bridgehead atoms. The Morgan fingerprint density at radius 1 is 1.20 bits per heavy atom. The van der Waals surface area contributed by atoms with Crippen LogP contribution in [0.2, 0.25) is 0 Å². The molecule has 5 heavy (non-hydrogen) atoms. The van der Waals surface area contributed by atoms with Crippen LogP contribution in [0.25, 0.3) is 0 Å². The van der Waals surface area contributed by atoms with Crippen LogP contribution in [-0.4, -0.2) is 6.17 Å². The van der Waals surface area contributed by atoms with Gasteiger partial charge in [0, 0.05) is 0 Å². The minimum absolute atomic E-state index is 3.50. The lowest BCUT2D eigenvalue weighted by Gasteiger charge is -1.95. The topological polar surface area (TPSA) is 52.0 Å². The van der Waals surface area contributed by atoms with Crippen molar-refractivity contribution >= 4 is 0 Å². The molecule has 0 unspecified atom stereocenters. The first-order valence-corrected chi connectivity index (χ1v) is 0.955. The fourth-order valence-electron chi connectivity index (χ4n) is 0. The molecule has 0 saturated carbocycles. The zero-order valence-corrected chi connectivity index (χ0v) is 2.41. The molecule has 0 aromatic carbocycles. The SMILES string of the molecule is NC(N)(F)F. The molecule has 0 saturated heterocycles. The van der Waals surface area contributed by atoms with Gasteiger partial charge in [0.2, 0.25) is 0 Å². The van der Waals surface area contributed by atoms with Crippen LogP contribution in [0.5, 0.6) is 0 Å². The molecule has 0 aliphatic carbocycles. The number of hydrogen-bond acceptors (Lipinski definition) is 2. The molecule has 0 radical (unpaired) electrons. The molecular formula is CH4F2N2. The third-order valence-electron chi connectivity index (χ3n) is 0. The highest BCUT2D eigenvalue weighted by atomic mass is 19.3. The van der Waals surface area contributed by atoms with Gasteiger partial charge in [0.1, 0.15) is 0 Å². The van der Waals surface area contributed by atoms with Crippen LogP contribution in [0.15, 0.2) is 0 Å². The zero-order chi connectivity index (χ0) is 4.50. The summed E-state index contributed by atoms with van der Waals surface area (Å²) in [6.07, 6.45) is -3.50. The van der Waals surface area contributed by atoms with Crippen molar-refractivity contribution in [3.8, 4) is 0 Å². The summed E-state index contributed by atoms with van der Waals surface area (Å²) in [5.41, 5.74) is 7.60. The van der Waals surface area contributed by atoms with Crippen molar-refractivity contribution in [1.29, 1.82) is 0 Å². The van der Waals surface area contributed by atoms with Crippen molar-refractivity contribution in [2.45, 2.75) is 6.17 Å². The van der Waals surface area contributed by atoms with E-state index in [1.165, 1.54) is 0 Å². The van der Waals surface area contributed by atoms with Gasteiger partial charge in [-0.15, -0.1) is 0 Å². The van der Waals surface area contributed by atoms with Gasteiger partial charge in [-0.2, -0.15) is 8.78 Å². The van der Waals surface area contributed by atoms with Crippen LogP contribution >= 0.6 is 0 Å². The predicted octanol–water partition coefficient (Wildman–Crippen LogP) is -0.546. The average molecular weight is 82.1 g/mol. The number of nitrogens with two attached hydrogens (primary N) is 2. The molecule has 0 atom stereocenters. The predicted molar refractivity (Wildman–Crippen MR) is 13.3 cm³/mol. The largest absolute Gasteiger partial charge is 0.359 e. The second kappa shape index (κ2) is 0.874. The van der Waals surface area contributed by atoms with Crippen molar-refractivity contribution in [3.05, 3.63) is 0 Å². The second-order valence-corrected chi connectivity index (χ2v) is 0.675. The molecule has 0 heterocycles. The van der Waals surface area contributed by atoms with Crippen LogP contribution in [0.4, 0.5) is 8.78 Å². The van der Waals surface area contributed by atoms with E-state index in [0.717, 1.165) is 0 Å². The highest BCUT2D eigenvalue weighted by Crippen LogP contribution is 1.87. The third kappa shape index (κ3) is 247. The average Bonchev–Trinajstić information content (AvgIpc) is 0.722. The second-order valence-electron chi connectivity index (χ2n) is 0.675. The minimum atomic E-state index is -3.50. The third-order valence-corrected chi connectivity index (χ3v) is 0. The molecule has 0 spiro atoms. The van der Waals surface area contributed by atoms with Crippen LogP contribution in [0, 0.1) is 0 Å². The van der Waals surface area contributed by atoms with Crippen LogP contribution in [0.1, 0.15) is 0 Å². The van der Waals surface area contributed by atoms with Gasteiger partial charge in [0.05, 0.1) is 0 Å². The van der Waals surface area contributed by atoms with Gasteiger partial charge in [0.15, 0.2) is 0 Å². The number of rotatable bonds is 0. The Morgan fingerprint density at radius 3 is 1.20 bits per heavy atom. The van der Waals surface area contributed by atoms with Gasteiger partial charge in [0.25, 0.3) is 0 Å². The summed E-state index contributed by atoms with van der Waals surface area (Å²) in [4.78, 5) is 0. The van der Waals surface area contributed by atoms with Gasteiger partial charge in [-0.1, -0.05) is 0 Å². The van der Waals surface area contributed by atoms with Crippen LogP contribution < -0.4 is 11.5 Å². The van der Waals surface area contributed by atoms with E-state index >= 15 is 0 Å². The van der Waals surface area contributed by atoms with Crippen LogP contribution in [-0.2, 0) is 0 Å². The summed E-state index contributed by atoms with van der Waals surface area (Å²) in [6.45, 7) is 0. The van der Waals surface area contributed by atoms with Crippen molar-refractivity contribution in [3.63, 3.8) is 0 Å². The van der Waals surface area contributed by atoms with E-state index in [0.29, 0.717) is 0 Å². The van der Waals surface area contributed by atoms with Gasteiger partial charge in [-0.25, -0.2) is 0 Å². The molecular weight excluding hydrogens is 78.0 g/mol. The number of hydrogen-bond donors (Lipinski definition) is 2. The molecule has 4 heteroatoms. The van der Waals surface area contributed by atoms with E-state index in [4.69, 9.17) is 0 Å². The smallest absolute Gasteiger partial charge is 0.258 e. The van der Waals surface area contributed by atoms with Crippen LogP contribution in [0.3, 0.4) is 0 Å². The molecule has 0 aliphatic rings. The van der Waals surface area contributed by atoms with E-state index in [1.807, 2.05) is 0 Å². The minimum Gasteiger partial charge on any atom is -0.258 e. The van der Waals surface area contributed by atoms with Gasteiger partial charge >= 0.3 is 6.17 Å². The summed E-state index contributed by atoms with van der Waals surface area (Å²) in [5.74, 6) is 0. The van der Waals surface area contributed by atoms with Gasteiger partial charge in [-0.3, -0.25) is 11.5 Å². The Hall–Kier alpha value is -0.220. The molecule has 0 rings (SSSR count). The molecule has 0 aromatic rings. The quantitative estimate of drug-likeness (QED) is 0.304. The van der Waals surface area contributed by atoms with Gasteiger partial charge < -0.3 is 0 Å². The molecule has 0 aromatic heterocycles. The fourth-order valence-corrected chi connectivity index (χ4v) is 0. The Labute approximate surface area is 27.8 Å². The maximum absolute atomic E-state index is 10.6. The highest BCUT2D eigenvalue weighted by molar-refractivity contribution is 4.32. The summed E-state index contributed by atoms with van der Waals surface area (Å²) in [5, 5.41) is 0. The maximum atomic E-state index is 10.6. The van der Waals surface area contributed by atoms with Crippen molar-refractivity contribution in [2.24, 2.45) is 11.5 Å². The lowest BCUT2D eigenvalue weighted by atomic mass is 11.1. The van der Waals surface area contributed by atoms with E-state index in [9.17, 15) is 8.78 Å². The summed E-state index contributed by atoms with van der Waals surface area (Å²) < 4.78 is 21.2. The number of halogens is 2. The molecule has 2 nitrogen and oxygen atoms in total. The fraction of sp³-hybridized carbons (Fsp3) is 1.00. The molecule has 0 fully saturated rings. The van der Waals surface area contributed by atoms with Crippen molar-refractivity contribution < 1.29 is 8.78 Å². The Balaban J connectivity index is 3.02. The van der Waals surface area contributed by atoms with E-state index in [2.05, 4.69) is 11.5 Å². The Bertz CT molecular complexity index is 23.1. The Morgan fingerprint density at radius 2 is 1.20 bits per heavy atom. The maximum Gasteiger partial charge on any atom is 0.359 e. The molecule has 32 valence electrons. The number of alkyl halides is 2. The van der Waals surface area contributed by atoms with E-state index in [-0.39, 0.29) is 0 Å². The standard InChI is InChI=1S/CH4F2N2/c2-1(3,4)5/h4-5H2. The summed E-state index contributed by atoms with van der Waals surface area (Å²) >= 11 is 0. The summed E-state index contributed by atoms with van der Waals surface area (Å²) in [6, 6.07) is 0. The summed E-state index contributed by atoms with van der Waals surface area (Å²) in [7, 11) is 0. The Kier molecular flexibility index (Phi) is 0.836. The molecule has 0 aliphatic heterocycles. The van der Waals surface area contributed by atoms with Crippen molar-refractivity contribution in [2.75, 3.05) is 0 Å². The molecule has 0 amide bonds. The first kappa shape index (κ1) is 4.78. The van der Waals surface area contributed by atoms with Gasteiger partial charge in [-0.05, 0) is 0 Å². The lowest BCUT2D eigenvalue weighted by molar-refractivity contribution is 0.0155. The highest BCUT2D eigenvalue weighted by Gasteiger charge is 2.09.